The maximum atomic E-state index is 5.74. The smallest absolute Gasteiger partial charge is 0.124 e. The van der Waals surface area contributed by atoms with Crippen molar-refractivity contribution in [2.45, 2.75) is 39.7 Å². The highest BCUT2D eigenvalue weighted by atomic mass is 79.9. The summed E-state index contributed by atoms with van der Waals surface area (Å²) in [7, 11) is 2.02. The molecule has 0 aliphatic carbocycles. The fraction of sp³-hybridized carbons (Fsp3) is 0.600. The van der Waals surface area contributed by atoms with Crippen molar-refractivity contribution in [1.29, 1.82) is 0 Å². The number of halogens is 1. The minimum Gasteiger partial charge on any atom is -0.494 e. The Morgan fingerprint density at radius 1 is 1.33 bits per heavy atom. The molecular weight excluding hydrogens is 290 g/mol. The Kier molecular flexibility index (Phi) is 6.72. The molecule has 0 bridgehead atoms. The van der Waals surface area contributed by atoms with E-state index in [0.717, 1.165) is 10.2 Å². The van der Waals surface area contributed by atoms with Gasteiger partial charge in [-0.3, -0.25) is 0 Å². The molecule has 0 aliphatic heterocycles. The van der Waals surface area contributed by atoms with E-state index < -0.39 is 0 Å². The first kappa shape index (κ1) is 15.5. The van der Waals surface area contributed by atoms with Crippen LogP contribution in [0.4, 0.5) is 0 Å². The second kappa shape index (κ2) is 7.80. The van der Waals surface area contributed by atoms with E-state index >= 15 is 0 Å². The van der Waals surface area contributed by atoms with Crippen molar-refractivity contribution in [3.63, 3.8) is 0 Å². The molecule has 1 aromatic carbocycles. The van der Waals surface area contributed by atoms with E-state index in [-0.39, 0.29) is 0 Å². The summed E-state index contributed by atoms with van der Waals surface area (Å²) in [5, 5.41) is 3.43. The van der Waals surface area contributed by atoms with Crippen LogP contribution in [0.5, 0.6) is 5.75 Å². The predicted molar refractivity (Wildman–Crippen MR) is 81.2 cm³/mol. The van der Waals surface area contributed by atoms with Gasteiger partial charge in [-0.25, -0.2) is 0 Å². The molecule has 0 saturated heterocycles. The van der Waals surface area contributed by atoms with Crippen LogP contribution in [0, 0.1) is 5.92 Å². The maximum Gasteiger partial charge on any atom is 0.124 e. The molecule has 0 aromatic heterocycles. The van der Waals surface area contributed by atoms with Crippen molar-refractivity contribution in [2.75, 3.05) is 13.7 Å². The minimum atomic E-state index is 0.337. The van der Waals surface area contributed by atoms with Crippen LogP contribution in [0.3, 0.4) is 0 Å². The molecule has 0 amide bonds. The van der Waals surface area contributed by atoms with Gasteiger partial charge in [0.1, 0.15) is 5.75 Å². The van der Waals surface area contributed by atoms with Gasteiger partial charge >= 0.3 is 0 Å². The van der Waals surface area contributed by atoms with Crippen molar-refractivity contribution in [3.8, 4) is 5.75 Å². The molecule has 0 spiro atoms. The first-order valence-corrected chi connectivity index (χ1v) is 7.52. The third kappa shape index (κ3) is 3.99. The van der Waals surface area contributed by atoms with Crippen molar-refractivity contribution in [2.24, 2.45) is 5.92 Å². The number of nitrogens with one attached hydrogen (secondary N) is 1. The van der Waals surface area contributed by atoms with Crippen LogP contribution < -0.4 is 10.1 Å². The van der Waals surface area contributed by atoms with E-state index in [4.69, 9.17) is 4.74 Å². The second-order valence-electron chi connectivity index (χ2n) is 4.65. The third-order valence-electron chi connectivity index (χ3n) is 3.23. The molecule has 3 heteroatoms. The number of benzene rings is 1. The molecule has 2 atom stereocenters. The van der Waals surface area contributed by atoms with Gasteiger partial charge in [0.2, 0.25) is 0 Å². The zero-order valence-corrected chi connectivity index (χ0v) is 13.4. The van der Waals surface area contributed by atoms with Crippen molar-refractivity contribution >= 4 is 15.9 Å². The maximum absolute atomic E-state index is 5.74. The van der Waals surface area contributed by atoms with Gasteiger partial charge in [-0.15, -0.1) is 0 Å². The van der Waals surface area contributed by atoms with E-state index in [0.29, 0.717) is 18.6 Å². The van der Waals surface area contributed by atoms with Crippen LogP contribution in [-0.2, 0) is 0 Å². The van der Waals surface area contributed by atoms with E-state index in [9.17, 15) is 0 Å². The van der Waals surface area contributed by atoms with Crippen LogP contribution in [0.15, 0.2) is 22.7 Å². The van der Waals surface area contributed by atoms with E-state index in [1.165, 1.54) is 18.4 Å². The first-order valence-electron chi connectivity index (χ1n) is 6.73. The predicted octanol–water partition coefficient (Wildman–Crippen LogP) is 4.54. The molecule has 102 valence electrons. The third-order valence-corrected chi connectivity index (χ3v) is 3.72. The highest BCUT2D eigenvalue weighted by Gasteiger charge is 2.20. The monoisotopic (exact) mass is 313 g/mol. The quantitative estimate of drug-likeness (QED) is 0.797. The average Bonchev–Trinajstić information content (AvgIpc) is 2.34. The van der Waals surface area contributed by atoms with Crippen molar-refractivity contribution in [3.05, 3.63) is 28.2 Å². The Hall–Kier alpha value is -0.540. The van der Waals surface area contributed by atoms with Gasteiger partial charge in [-0.2, -0.15) is 0 Å². The second-order valence-corrected chi connectivity index (χ2v) is 5.56. The van der Waals surface area contributed by atoms with Gasteiger partial charge in [0.05, 0.1) is 6.61 Å². The molecule has 1 N–H and O–H groups in total. The summed E-state index contributed by atoms with van der Waals surface area (Å²) in [4.78, 5) is 0. The van der Waals surface area contributed by atoms with Crippen LogP contribution >= 0.6 is 15.9 Å². The average molecular weight is 314 g/mol. The molecule has 0 aliphatic rings. The highest BCUT2D eigenvalue weighted by molar-refractivity contribution is 9.10. The SMILES string of the molecule is CCCC(C)C(NC)c1cc(Br)ccc1OCC. The molecule has 1 aromatic rings. The lowest BCUT2D eigenvalue weighted by Crippen LogP contribution is -2.24. The standard InChI is InChI=1S/C15H24BrNO/c1-5-7-11(3)15(17-4)13-10-12(16)8-9-14(13)18-6-2/h8-11,15,17H,5-7H2,1-4H3. The zero-order valence-electron chi connectivity index (χ0n) is 11.8. The summed E-state index contributed by atoms with van der Waals surface area (Å²) in [5.41, 5.74) is 1.25. The summed E-state index contributed by atoms with van der Waals surface area (Å²) >= 11 is 3.55. The molecule has 0 fully saturated rings. The van der Waals surface area contributed by atoms with Crippen molar-refractivity contribution < 1.29 is 4.74 Å². The molecule has 0 heterocycles. The summed E-state index contributed by atoms with van der Waals surface area (Å²) in [6.07, 6.45) is 2.42. The molecule has 0 radical (unpaired) electrons. The minimum absolute atomic E-state index is 0.337. The van der Waals surface area contributed by atoms with E-state index in [1.54, 1.807) is 0 Å². The lowest BCUT2D eigenvalue weighted by atomic mass is 9.90. The van der Waals surface area contributed by atoms with Crippen LogP contribution in [0.2, 0.25) is 0 Å². The van der Waals surface area contributed by atoms with Gasteiger partial charge in [0.25, 0.3) is 0 Å². The van der Waals surface area contributed by atoms with Gasteiger partial charge in [-0.05, 0) is 44.5 Å². The van der Waals surface area contributed by atoms with Crippen LogP contribution in [0.1, 0.15) is 45.2 Å². The van der Waals surface area contributed by atoms with Gasteiger partial charge in [0.15, 0.2) is 0 Å². The molecule has 18 heavy (non-hydrogen) atoms. The number of rotatable bonds is 7. The van der Waals surface area contributed by atoms with Crippen molar-refractivity contribution in [1.82, 2.24) is 5.32 Å². The zero-order chi connectivity index (χ0) is 13.5. The van der Waals surface area contributed by atoms with Crippen LogP contribution in [0.25, 0.3) is 0 Å². The normalized spacial score (nSPS) is 14.3. The Morgan fingerprint density at radius 2 is 2.06 bits per heavy atom. The molecular formula is C15H24BrNO. The lowest BCUT2D eigenvalue weighted by molar-refractivity contribution is 0.318. The van der Waals surface area contributed by atoms with Gasteiger partial charge in [0, 0.05) is 16.1 Å². The van der Waals surface area contributed by atoms with Gasteiger partial charge < -0.3 is 10.1 Å². The molecule has 2 unspecified atom stereocenters. The number of hydrogen-bond acceptors (Lipinski definition) is 2. The summed E-state index contributed by atoms with van der Waals surface area (Å²) in [5.74, 6) is 1.58. The fourth-order valence-corrected chi connectivity index (χ4v) is 2.80. The lowest BCUT2D eigenvalue weighted by Gasteiger charge is -2.26. The molecule has 1 rings (SSSR count). The molecule has 0 saturated carbocycles. The van der Waals surface area contributed by atoms with Gasteiger partial charge in [-0.1, -0.05) is 36.2 Å². The Balaban J connectivity index is 3.05. The van der Waals surface area contributed by atoms with E-state index in [1.807, 2.05) is 26.1 Å². The topological polar surface area (TPSA) is 21.3 Å². The Bertz CT molecular complexity index is 368. The highest BCUT2D eigenvalue weighted by Crippen LogP contribution is 2.34. The molecule has 2 nitrogen and oxygen atoms in total. The summed E-state index contributed by atoms with van der Waals surface area (Å²) in [6, 6.07) is 6.58. The largest absolute Gasteiger partial charge is 0.494 e. The fourth-order valence-electron chi connectivity index (χ4n) is 2.42. The Morgan fingerprint density at radius 3 is 2.61 bits per heavy atom. The number of ether oxygens (including phenoxy) is 1. The number of hydrogen-bond donors (Lipinski definition) is 1. The summed E-state index contributed by atoms with van der Waals surface area (Å²) < 4.78 is 6.84. The van der Waals surface area contributed by atoms with E-state index in [2.05, 4.69) is 41.2 Å². The van der Waals surface area contributed by atoms with Crippen LogP contribution in [-0.4, -0.2) is 13.7 Å². The summed E-state index contributed by atoms with van der Waals surface area (Å²) in [6.45, 7) is 7.25. The first-order chi connectivity index (χ1) is 8.63. The Labute approximate surface area is 119 Å².